The normalized spacial score (nSPS) is 16.8. The van der Waals surface area contributed by atoms with E-state index in [1.54, 1.807) is 13.0 Å². The van der Waals surface area contributed by atoms with Crippen LogP contribution in [0.15, 0.2) is 16.8 Å². The van der Waals surface area contributed by atoms with Crippen molar-refractivity contribution in [3.05, 3.63) is 39.7 Å². The summed E-state index contributed by atoms with van der Waals surface area (Å²) < 4.78 is 5.34. The highest BCUT2D eigenvalue weighted by molar-refractivity contribution is 5.48. The minimum absolute atomic E-state index is 0.0548. The van der Waals surface area contributed by atoms with Crippen LogP contribution in [0.5, 0.6) is 0 Å². The molecule has 1 aliphatic heterocycles. The largest absolute Gasteiger partial charge is 0.354 e. The molecular formula is C16H22N6O3. The molecule has 134 valence electrons. The Hall–Kier alpha value is -2.55. The van der Waals surface area contributed by atoms with Crippen LogP contribution in [0.2, 0.25) is 0 Å². The molecule has 0 N–H and O–H groups in total. The van der Waals surface area contributed by atoms with Crippen molar-refractivity contribution in [3.8, 4) is 0 Å². The second-order valence-corrected chi connectivity index (χ2v) is 6.19. The number of hydrogen-bond acceptors (Lipinski definition) is 8. The van der Waals surface area contributed by atoms with Crippen LogP contribution in [0.4, 0.5) is 11.5 Å². The maximum atomic E-state index is 10.9. The number of pyridine rings is 1. The van der Waals surface area contributed by atoms with Gasteiger partial charge in [0, 0.05) is 38.2 Å². The number of anilines is 1. The predicted molar refractivity (Wildman–Crippen MR) is 91.5 cm³/mol. The van der Waals surface area contributed by atoms with Gasteiger partial charge in [-0.05, 0) is 19.9 Å². The Balaban J connectivity index is 1.63. The Kier molecular flexibility index (Phi) is 4.93. The number of aryl methyl sites for hydroxylation is 2. The Morgan fingerprint density at radius 3 is 2.64 bits per heavy atom. The van der Waals surface area contributed by atoms with Gasteiger partial charge in [0.2, 0.25) is 5.89 Å². The van der Waals surface area contributed by atoms with Crippen molar-refractivity contribution in [2.24, 2.45) is 0 Å². The molecule has 0 saturated carbocycles. The Morgan fingerprint density at radius 2 is 2.08 bits per heavy atom. The molecule has 0 aromatic carbocycles. The second-order valence-electron chi connectivity index (χ2n) is 6.19. The lowest BCUT2D eigenvalue weighted by atomic mass is 10.2. The fourth-order valence-corrected chi connectivity index (χ4v) is 2.97. The molecule has 0 bridgehead atoms. The maximum Gasteiger partial charge on any atom is 0.290 e. The standard InChI is InChI=1S/C16H22N6O3/c1-4-14-18-16(25-19-14)12(3)20-5-7-21(8-6-20)15-9-11(2)13(10-17-15)22(23)24/h9-10,12H,4-8H2,1-3H3. The van der Waals surface area contributed by atoms with Crippen molar-refractivity contribution in [1.29, 1.82) is 0 Å². The third-order valence-corrected chi connectivity index (χ3v) is 4.61. The number of nitrogens with zero attached hydrogens (tertiary/aromatic N) is 6. The van der Waals surface area contributed by atoms with E-state index in [-0.39, 0.29) is 11.7 Å². The molecule has 9 heteroatoms. The summed E-state index contributed by atoms with van der Waals surface area (Å²) in [6.07, 6.45) is 2.10. The Labute approximate surface area is 145 Å². The van der Waals surface area contributed by atoms with Crippen molar-refractivity contribution in [3.63, 3.8) is 0 Å². The molecule has 1 aliphatic rings. The Bertz CT molecular complexity index is 754. The van der Waals surface area contributed by atoms with Crippen molar-refractivity contribution in [2.75, 3.05) is 31.1 Å². The summed E-state index contributed by atoms with van der Waals surface area (Å²) in [4.78, 5) is 23.6. The molecule has 1 unspecified atom stereocenters. The van der Waals surface area contributed by atoms with Gasteiger partial charge >= 0.3 is 0 Å². The van der Waals surface area contributed by atoms with Crippen LogP contribution in [-0.2, 0) is 6.42 Å². The molecule has 3 rings (SSSR count). The van der Waals surface area contributed by atoms with Gasteiger partial charge in [0.1, 0.15) is 12.0 Å². The molecule has 25 heavy (non-hydrogen) atoms. The van der Waals surface area contributed by atoms with Gasteiger partial charge < -0.3 is 9.42 Å². The third-order valence-electron chi connectivity index (χ3n) is 4.61. The molecule has 1 saturated heterocycles. The lowest BCUT2D eigenvalue weighted by Crippen LogP contribution is -2.47. The van der Waals surface area contributed by atoms with Crippen molar-refractivity contribution >= 4 is 11.5 Å². The predicted octanol–water partition coefficient (Wildman–Crippen LogP) is 2.13. The molecule has 0 spiro atoms. The summed E-state index contributed by atoms with van der Waals surface area (Å²) in [7, 11) is 0. The average Bonchev–Trinajstić information content (AvgIpc) is 3.10. The summed E-state index contributed by atoms with van der Waals surface area (Å²) >= 11 is 0. The number of nitro groups is 1. The molecule has 3 heterocycles. The zero-order chi connectivity index (χ0) is 18.0. The van der Waals surface area contributed by atoms with E-state index in [2.05, 4.69) is 31.8 Å². The summed E-state index contributed by atoms with van der Waals surface area (Å²) in [5, 5.41) is 14.9. The highest BCUT2D eigenvalue weighted by Gasteiger charge is 2.26. The molecule has 0 radical (unpaired) electrons. The molecule has 1 atom stereocenters. The number of rotatable bonds is 5. The SMILES string of the molecule is CCc1noc(C(C)N2CCN(c3cc(C)c([N+](=O)[O-])cn3)CC2)n1. The molecule has 0 amide bonds. The van der Waals surface area contributed by atoms with Gasteiger partial charge in [-0.25, -0.2) is 4.98 Å². The van der Waals surface area contributed by atoms with Gasteiger partial charge in [-0.2, -0.15) is 4.98 Å². The highest BCUT2D eigenvalue weighted by Crippen LogP contribution is 2.25. The van der Waals surface area contributed by atoms with Gasteiger partial charge in [-0.1, -0.05) is 12.1 Å². The average molecular weight is 346 g/mol. The first-order chi connectivity index (χ1) is 12.0. The van der Waals surface area contributed by atoms with E-state index in [0.717, 1.165) is 44.2 Å². The fourth-order valence-electron chi connectivity index (χ4n) is 2.97. The molecule has 2 aromatic rings. The second kappa shape index (κ2) is 7.14. The van der Waals surface area contributed by atoms with E-state index in [9.17, 15) is 10.1 Å². The van der Waals surface area contributed by atoms with Crippen molar-refractivity contribution in [2.45, 2.75) is 33.2 Å². The first-order valence-corrected chi connectivity index (χ1v) is 8.42. The maximum absolute atomic E-state index is 10.9. The van der Waals surface area contributed by atoms with Crippen molar-refractivity contribution in [1.82, 2.24) is 20.0 Å². The van der Waals surface area contributed by atoms with Crippen LogP contribution in [-0.4, -0.2) is 51.1 Å². The molecule has 1 fully saturated rings. The van der Waals surface area contributed by atoms with Crippen LogP contribution in [0, 0.1) is 17.0 Å². The van der Waals surface area contributed by atoms with Crippen LogP contribution < -0.4 is 4.90 Å². The number of piperazine rings is 1. The first-order valence-electron chi connectivity index (χ1n) is 8.42. The number of hydrogen-bond donors (Lipinski definition) is 0. The smallest absolute Gasteiger partial charge is 0.290 e. The fraction of sp³-hybridized carbons (Fsp3) is 0.562. The minimum Gasteiger partial charge on any atom is -0.354 e. The zero-order valence-electron chi connectivity index (χ0n) is 14.7. The van der Waals surface area contributed by atoms with Gasteiger partial charge in [0.15, 0.2) is 5.82 Å². The topological polar surface area (TPSA) is 101 Å². The highest BCUT2D eigenvalue weighted by atomic mass is 16.6. The summed E-state index contributed by atoms with van der Waals surface area (Å²) in [6, 6.07) is 1.85. The van der Waals surface area contributed by atoms with E-state index in [4.69, 9.17) is 4.52 Å². The van der Waals surface area contributed by atoms with Crippen LogP contribution in [0.3, 0.4) is 0 Å². The third kappa shape index (κ3) is 3.60. The molecule has 9 nitrogen and oxygen atoms in total. The van der Waals surface area contributed by atoms with Gasteiger partial charge in [0.05, 0.1) is 11.0 Å². The van der Waals surface area contributed by atoms with E-state index < -0.39 is 4.92 Å². The van der Waals surface area contributed by atoms with E-state index >= 15 is 0 Å². The van der Waals surface area contributed by atoms with Gasteiger partial charge in [-0.15, -0.1) is 0 Å². The summed E-state index contributed by atoms with van der Waals surface area (Å²) in [5.41, 5.74) is 0.683. The summed E-state index contributed by atoms with van der Waals surface area (Å²) in [6.45, 7) is 9.06. The van der Waals surface area contributed by atoms with Crippen LogP contribution in [0.1, 0.15) is 37.2 Å². The molecular weight excluding hydrogens is 324 g/mol. The summed E-state index contributed by atoms with van der Waals surface area (Å²) in [5.74, 6) is 2.15. The molecule has 2 aromatic heterocycles. The first kappa shape index (κ1) is 17.3. The minimum atomic E-state index is -0.402. The lowest BCUT2D eigenvalue weighted by molar-refractivity contribution is -0.385. The Morgan fingerprint density at radius 1 is 1.36 bits per heavy atom. The number of aromatic nitrogens is 3. The van der Waals surface area contributed by atoms with Gasteiger partial charge in [-0.3, -0.25) is 15.0 Å². The molecule has 0 aliphatic carbocycles. The lowest BCUT2D eigenvalue weighted by Gasteiger charge is -2.37. The van der Waals surface area contributed by atoms with E-state index in [0.29, 0.717) is 11.5 Å². The zero-order valence-corrected chi connectivity index (χ0v) is 14.7. The van der Waals surface area contributed by atoms with E-state index in [1.165, 1.54) is 6.20 Å². The quantitative estimate of drug-likeness (QED) is 0.599. The van der Waals surface area contributed by atoms with E-state index in [1.807, 2.05) is 6.92 Å². The van der Waals surface area contributed by atoms with Gasteiger partial charge in [0.25, 0.3) is 5.69 Å². The monoisotopic (exact) mass is 346 g/mol. The van der Waals surface area contributed by atoms with Crippen LogP contribution >= 0.6 is 0 Å². The van der Waals surface area contributed by atoms with Crippen molar-refractivity contribution < 1.29 is 9.45 Å². The van der Waals surface area contributed by atoms with Crippen LogP contribution in [0.25, 0.3) is 0 Å².